The number of nitrogens with zero attached hydrogens (tertiary/aromatic N) is 3. The highest BCUT2D eigenvalue weighted by Gasteiger charge is 2.41. The van der Waals surface area contributed by atoms with E-state index in [0.29, 0.717) is 11.7 Å². The zero-order valence-electron chi connectivity index (χ0n) is 22.8. The van der Waals surface area contributed by atoms with E-state index >= 15 is 0 Å². The van der Waals surface area contributed by atoms with Crippen LogP contribution in [-0.4, -0.2) is 32.0 Å². The molecule has 8 heteroatoms. The second kappa shape index (κ2) is 11.1. The molecule has 206 valence electrons. The Morgan fingerprint density at radius 1 is 1.00 bits per heavy atom. The maximum atomic E-state index is 14.1. The molecule has 5 aromatic rings. The van der Waals surface area contributed by atoms with Crippen molar-refractivity contribution in [3.63, 3.8) is 0 Å². The summed E-state index contributed by atoms with van der Waals surface area (Å²) >= 11 is 5.83. The zero-order valence-corrected chi connectivity index (χ0v) is 23.7. The fourth-order valence-electron chi connectivity index (χ4n) is 5.84. The van der Waals surface area contributed by atoms with Crippen molar-refractivity contribution in [2.75, 3.05) is 11.9 Å². The molecule has 2 N–H and O–H groups in total. The van der Waals surface area contributed by atoms with Crippen LogP contribution in [0.25, 0.3) is 16.5 Å². The summed E-state index contributed by atoms with van der Waals surface area (Å²) in [6, 6.07) is 28.5. The minimum absolute atomic E-state index is 0.143. The summed E-state index contributed by atoms with van der Waals surface area (Å²) in [5.41, 5.74) is 5.45. The van der Waals surface area contributed by atoms with E-state index in [0.717, 1.165) is 28.3 Å². The van der Waals surface area contributed by atoms with Crippen LogP contribution in [0.2, 0.25) is 0 Å². The fourth-order valence-corrected chi connectivity index (χ4v) is 6.17. The molecule has 0 aliphatic carbocycles. The first-order chi connectivity index (χ1) is 19.9. The Morgan fingerprint density at radius 2 is 1.76 bits per heavy atom. The van der Waals surface area contributed by atoms with Crippen LogP contribution in [0.3, 0.4) is 0 Å². The number of hydrogen-bond donors (Lipinski definition) is 2. The Balaban J connectivity index is 1.37. The van der Waals surface area contributed by atoms with Crippen LogP contribution in [0.1, 0.15) is 41.1 Å². The molecule has 0 bridgehead atoms. The molecule has 1 aliphatic heterocycles. The molecule has 0 unspecified atom stereocenters. The lowest BCUT2D eigenvalue weighted by Crippen LogP contribution is -2.33. The average Bonchev–Trinajstić information content (AvgIpc) is 3.47. The van der Waals surface area contributed by atoms with Crippen LogP contribution in [0, 0.1) is 19.7 Å². The van der Waals surface area contributed by atoms with Gasteiger partial charge in [0.25, 0.3) is 0 Å². The minimum Gasteiger partial charge on any atom is -0.352 e. The van der Waals surface area contributed by atoms with E-state index in [4.69, 9.17) is 12.2 Å². The molecule has 1 aliphatic rings. The van der Waals surface area contributed by atoms with Crippen LogP contribution in [-0.2, 0) is 4.79 Å². The number of nitrogens with one attached hydrogen (secondary N) is 2. The van der Waals surface area contributed by atoms with Crippen molar-refractivity contribution >= 4 is 39.7 Å². The molecule has 2 atom stereocenters. The Morgan fingerprint density at radius 3 is 2.56 bits per heavy atom. The summed E-state index contributed by atoms with van der Waals surface area (Å²) < 4.78 is 16.4. The predicted octanol–water partition coefficient (Wildman–Crippen LogP) is 6.78. The van der Waals surface area contributed by atoms with Gasteiger partial charge in [0, 0.05) is 35.9 Å². The highest BCUT2D eigenvalue weighted by molar-refractivity contribution is 7.80. The van der Waals surface area contributed by atoms with Gasteiger partial charge in [0.15, 0.2) is 5.11 Å². The normalized spacial score (nSPS) is 16.7. The van der Waals surface area contributed by atoms with Crippen molar-refractivity contribution in [2.45, 2.75) is 32.4 Å². The summed E-state index contributed by atoms with van der Waals surface area (Å²) in [6.07, 6.45) is 1.92. The molecule has 3 heterocycles. The second-order valence-corrected chi connectivity index (χ2v) is 10.6. The van der Waals surface area contributed by atoms with Gasteiger partial charge in [-0.25, -0.2) is 4.39 Å². The van der Waals surface area contributed by atoms with Gasteiger partial charge in [-0.2, -0.15) is 0 Å². The highest BCUT2D eigenvalue weighted by Crippen LogP contribution is 2.42. The number of amides is 1. The molecular weight excluding hydrogens is 533 g/mol. The molecule has 0 radical (unpaired) electrons. The number of thiocarbonyl (C=S) groups is 1. The van der Waals surface area contributed by atoms with E-state index in [-0.39, 0.29) is 30.1 Å². The maximum absolute atomic E-state index is 14.1. The van der Waals surface area contributed by atoms with Gasteiger partial charge >= 0.3 is 0 Å². The zero-order chi connectivity index (χ0) is 28.5. The minimum atomic E-state index is -0.465. The van der Waals surface area contributed by atoms with Gasteiger partial charge in [-0.1, -0.05) is 54.6 Å². The van der Waals surface area contributed by atoms with E-state index in [9.17, 15) is 9.18 Å². The Bertz CT molecular complexity index is 1750. The van der Waals surface area contributed by atoms with Gasteiger partial charge in [-0.3, -0.25) is 9.78 Å². The molecule has 41 heavy (non-hydrogen) atoms. The van der Waals surface area contributed by atoms with Gasteiger partial charge in [-0.15, -0.1) is 0 Å². The van der Waals surface area contributed by atoms with Gasteiger partial charge in [-0.05, 0) is 73.4 Å². The lowest BCUT2D eigenvalue weighted by molar-refractivity contribution is -0.116. The molecule has 0 saturated carbocycles. The van der Waals surface area contributed by atoms with E-state index in [1.54, 1.807) is 24.4 Å². The van der Waals surface area contributed by atoms with E-state index < -0.39 is 5.82 Å². The van der Waals surface area contributed by atoms with Crippen molar-refractivity contribution in [3.05, 3.63) is 126 Å². The monoisotopic (exact) mass is 563 g/mol. The van der Waals surface area contributed by atoms with Crippen molar-refractivity contribution in [3.8, 4) is 5.69 Å². The molecule has 6 nitrogen and oxygen atoms in total. The molecule has 1 amide bonds. The van der Waals surface area contributed by atoms with Crippen LogP contribution in [0.4, 0.5) is 10.1 Å². The van der Waals surface area contributed by atoms with Crippen molar-refractivity contribution in [1.29, 1.82) is 0 Å². The number of pyridine rings is 1. The SMILES string of the molecule is Cc1cc([C@@H]2[C@@H](c3ccccn3)NC(=S)N2CCC(=O)Nc2ccccc2F)c(C)n1-c1cccc2ccccc12. The van der Waals surface area contributed by atoms with Crippen LogP contribution in [0.5, 0.6) is 0 Å². The number of rotatable bonds is 7. The van der Waals surface area contributed by atoms with Crippen LogP contribution < -0.4 is 10.6 Å². The summed E-state index contributed by atoms with van der Waals surface area (Å²) in [4.78, 5) is 19.6. The molecule has 6 rings (SSSR count). The number of hydrogen-bond acceptors (Lipinski definition) is 3. The average molecular weight is 564 g/mol. The number of para-hydroxylation sites is 1. The largest absolute Gasteiger partial charge is 0.352 e. The Hall–Kier alpha value is -4.56. The highest BCUT2D eigenvalue weighted by atomic mass is 32.1. The number of benzene rings is 3. The Kier molecular flexibility index (Phi) is 7.24. The number of fused-ring (bicyclic) bond motifs is 1. The van der Waals surface area contributed by atoms with Crippen molar-refractivity contribution in [2.24, 2.45) is 0 Å². The number of carbonyl (C=O) groups excluding carboxylic acids is 1. The standard InChI is InChI=1S/C33H30FN5OS/c1-21-20-25(22(2)39(21)29-16-9-11-23-10-3-4-12-24(23)29)32-31(28-15-7-8-18-35-28)37-33(41)38(32)19-17-30(40)36-27-14-6-5-13-26(27)34/h3-16,18,20,31-32H,17,19H2,1-2H3,(H,36,40)(H,37,41)/t31-,32-/m1/s1. The lowest BCUT2D eigenvalue weighted by Gasteiger charge is -2.28. The molecule has 3 aromatic carbocycles. The third-order valence-electron chi connectivity index (χ3n) is 7.72. The van der Waals surface area contributed by atoms with E-state index in [1.165, 1.54) is 16.8 Å². The van der Waals surface area contributed by atoms with Crippen LogP contribution in [0.15, 0.2) is 97.2 Å². The third kappa shape index (κ3) is 5.07. The molecule has 1 saturated heterocycles. The first-order valence-corrected chi connectivity index (χ1v) is 14.0. The smallest absolute Gasteiger partial charge is 0.226 e. The molecule has 1 fully saturated rings. The molecular formula is C33H30FN5OS. The van der Waals surface area contributed by atoms with E-state index in [1.807, 2.05) is 18.2 Å². The van der Waals surface area contributed by atoms with Crippen molar-refractivity contribution < 1.29 is 9.18 Å². The number of aryl methyl sites for hydroxylation is 1. The quantitative estimate of drug-likeness (QED) is 0.214. The molecule has 2 aromatic heterocycles. The summed E-state index contributed by atoms with van der Waals surface area (Å²) in [7, 11) is 0. The van der Waals surface area contributed by atoms with Crippen LogP contribution >= 0.6 is 12.2 Å². The maximum Gasteiger partial charge on any atom is 0.226 e. The van der Waals surface area contributed by atoms with Gasteiger partial charge in [0.1, 0.15) is 5.82 Å². The van der Waals surface area contributed by atoms with Gasteiger partial charge in [0.05, 0.1) is 29.2 Å². The number of halogens is 1. The topological polar surface area (TPSA) is 62.2 Å². The predicted molar refractivity (Wildman–Crippen MR) is 165 cm³/mol. The number of carbonyl (C=O) groups is 1. The first-order valence-electron chi connectivity index (χ1n) is 13.6. The lowest BCUT2D eigenvalue weighted by atomic mass is 9.96. The number of aromatic nitrogens is 2. The second-order valence-electron chi connectivity index (χ2n) is 10.3. The Labute approximate surface area is 243 Å². The van der Waals surface area contributed by atoms with Crippen molar-refractivity contribution in [1.82, 2.24) is 19.8 Å². The fraction of sp³-hybridized carbons (Fsp3) is 0.182. The summed E-state index contributed by atoms with van der Waals surface area (Å²) in [5, 5.41) is 9.06. The summed E-state index contributed by atoms with van der Waals surface area (Å²) in [5.74, 6) is -0.743. The number of anilines is 1. The first kappa shape index (κ1) is 26.7. The third-order valence-corrected chi connectivity index (χ3v) is 8.07. The molecule has 0 spiro atoms. The summed E-state index contributed by atoms with van der Waals surface area (Å²) in [6.45, 7) is 4.60. The van der Waals surface area contributed by atoms with Gasteiger partial charge < -0.3 is 20.1 Å². The van der Waals surface area contributed by atoms with Gasteiger partial charge in [0.2, 0.25) is 5.91 Å². The van der Waals surface area contributed by atoms with E-state index in [2.05, 4.69) is 87.5 Å².